The molecule has 3 aliphatic rings. The Bertz CT molecular complexity index is 304. The van der Waals surface area contributed by atoms with E-state index in [1.807, 2.05) is 0 Å². The highest BCUT2D eigenvalue weighted by Gasteiger charge is 2.42. The monoisotopic (exact) mass is 238 g/mol. The number of hydrogen-bond acceptors (Lipinski definition) is 3. The first kappa shape index (κ1) is 11.5. The molecule has 2 N–H and O–H groups in total. The van der Waals surface area contributed by atoms with Gasteiger partial charge in [-0.3, -0.25) is 4.79 Å². The minimum absolute atomic E-state index is 0.00968. The molecule has 4 nitrogen and oxygen atoms in total. The van der Waals surface area contributed by atoms with Crippen molar-refractivity contribution >= 4 is 5.91 Å². The number of amides is 1. The van der Waals surface area contributed by atoms with Gasteiger partial charge in [-0.05, 0) is 44.1 Å². The van der Waals surface area contributed by atoms with Gasteiger partial charge in [-0.25, -0.2) is 0 Å². The fourth-order valence-electron chi connectivity index (χ4n) is 3.11. The van der Waals surface area contributed by atoms with E-state index in [1.165, 1.54) is 12.8 Å². The van der Waals surface area contributed by atoms with Gasteiger partial charge >= 0.3 is 0 Å². The standard InChI is InChI=1S/C13H22N2O2/c1-8-4-6-14-11(8)13(16)15-10-5-7-17-12(10)9-2-3-9/h8-12,14H,2-7H2,1H3,(H,15,16). The zero-order valence-electron chi connectivity index (χ0n) is 10.4. The van der Waals surface area contributed by atoms with Crippen molar-refractivity contribution in [2.24, 2.45) is 11.8 Å². The smallest absolute Gasteiger partial charge is 0.237 e. The fourth-order valence-corrected chi connectivity index (χ4v) is 3.11. The first-order valence-electron chi connectivity index (χ1n) is 6.91. The number of hydrogen-bond donors (Lipinski definition) is 2. The van der Waals surface area contributed by atoms with Gasteiger partial charge in [0.25, 0.3) is 0 Å². The van der Waals surface area contributed by atoms with Crippen LogP contribution < -0.4 is 10.6 Å². The average Bonchev–Trinajstić information content (AvgIpc) is 2.89. The number of carbonyl (C=O) groups excluding carboxylic acids is 1. The highest BCUT2D eigenvalue weighted by Crippen LogP contribution is 2.38. The summed E-state index contributed by atoms with van der Waals surface area (Å²) in [4.78, 5) is 12.2. The lowest BCUT2D eigenvalue weighted by atomic mass is 10.0. The van der Waals surface area contributed by atoms with Crippen LogP contribution in [0.5, 0.6) is 0 Å². The molecule has 4 atom stereocenters. The Balaban J connectivity index is 1.56. The highest BCUT2D eigenvalue weighted by molar-refractivity contribution is 5.82. The van der Waals surface area contributed by atoms with Gasteiger partial charge in [0.15, 0.2) is 0 Å². The summed E-state index contributed by atoms with van der Waals surface area (Å²) in [6.45, 7) is 3.92. The molecule has 3 fully saturated rings. The normalized spacial score (nSPS) is 41.7. The maximum Gasteiger partial charge on any atom is 0.237 e. The van der Waals surface area contributed by atoms with Crippen LogP contribution in [0.15, 0.2) is 0 Å². The first-order valence-corrected chi connectivity index (χ1v) is 6.91. The fraction of sp³-hybridized carbons (Fsp3) is 0.923. The molecule has 17 heavy (non-hydrogen) atoms. The molecular formula is C13H22N2O2. The van der Waals surface area contributed by atoms with Crippen LogP contribution in [0.2, 0.25) is 0 Å². The van der Waals surface area contributed by atoms with Crippen molar-refractivity contribution < 1.29 is 9.53 Å². The first-order chi connectivity index (χ1) is 8.25. The van der Waals surface area contributed by atoms with Crippen LogP contribution in [0, 0.1) is 11.8 Å². The number of rotatable bonds is 3. The second kappa shape index (κ2) is 4.58. The van der Waals surface area contributed by atoms with Gasteiger partial charge < -0.3 is 15.4 Å². The summed E-state index contributed by atoms with van der Waals surface area (Å²) in [7, 11) is 0. The molecule has 2 heterocycles. The van der Waals surface area contributed by atoms with E-state index >= 15 is 0 Å². The minimum Gasteiger partial charge on any atom is -0.376 e. The predicted octanol–water partition coefficient (Wildman–Crippen LogP) is 0.668. The number of ether oxygens (including phenoxy) is 1. The van der Waals surface area contributed by atoms with Crippen LogP contribution in [0.3, 0.4) is 0 Å². The molecule has 0 spiro atoms. The van der Waals surface area contributed by atoms with E-state index in [1.54, 1.807) is 0 Å². The second-order valence-electron chi connectivity index (χ2n) is 5.77. The van der Waals surface area contributed by atoms with E-state index in [2.05, 4.69) is 17.6 Å². The Morgan fingerprint density at radius 3 is 2.76 bits per heavy atom. The van der Waals surface area contributed by atoms with E-state index in [-0.39, 0.29) is 24.1 Å². The Kier molecular flexibility index (Phi) is 3.09. The summed E-state index contributed by atoms with van der Waals surface area (Å²) in [6, 6.07) is 0.264. The number of carbonyl (C=O) groups is 1. The summed E-state index contributed by atoms with van der Waals surface area (Å²) in [5.74, 6) is 1.34. The summed E-state index contributed by atoms with van der Waals surface area (Å²) in [6.07, 6.45) is 4.92. The minimum atomic E-state index is 0.00968. The summed E-state index contributed by atoms with van der Waals surface area (Å²) in [5, 5.41) is 6.48. The van der Waals surface area contributed by atoms with E-state index in [0.717, 1.165) is 26.0 Å². The van der Waals surface area contributed by atoms with E-state index < -0.39 is 0 Å². The number of nitrogens with one attached hydrogen (secondary N) is 2. The summed E-state index contributed by atoms with van der Waals surface area (Å²) in [5.41, 5.74) is 0. The summed E-state index contributed by atoms with van der Waals surface area (Å²) < 4.78 is 5.74. The zero-order chi connectivity index (χ0) is 11.8. The van der Waals surface area contributed by atoms with Crippen molar-refractivity contribution in [2.45, 2.75) is 50.8 Å². The van der Waals surface area contributed by atoms with Gasteiger partial charge in [0.2, 0.25) is 5.91 Å². The van der Waals surface area contributed by atoms with Crippen LogP contribution in [0.4, 0.5) is 0 Å². The summed E-state index contributed by atoms with van der Waals surface area (Å²) >= 11 is 0. The molecule has 0 bridgehead atoms. The van der Waals surface area contributed by atoms with Crippen molar-refractivity contribution in [1.82, 2.24) is 10.6 Å². The van der Waals surface area contributed by atoms with Crippen LogP contribution >= 0.6 is 0 Å². The molecule has 0 radical (unpaired) electrons. The largest absolute Gasteiger partial charge is 0.376 e. The topological polar surface area (TPSA) is 50.4 Å². The van der Waals surface area contributed by atoms with Crippen LogP contribution in [-0.2, 0) is 9.53 Å². The molecule has 96 valence electrons. The molecule has 1 amide bonds. The Labute approximate surface area is 102 Å². The van der Waals surface area contributed by atoms with Gasteiger partial charge in [0.1, 0.15) is 0 Å². The van der Waals surface area contributed by atoms with Crippen LogP contribution in [-0.4, -0.2) is 37.2 Å². The lowest BCUT2D eigenvalue weighted by Gasteiger charge is -2.23. The third kappa shape index (κ3) is 2.33. The molecule has 1 saturated carbocycles. The van der Waals surface area contributed by atoms with Gasteiger partial charge in [-0.1, -0.05) is 6.92 Å². The van der Waals surface area contributed by atoms with Crippen molar-refractivity contribution in [2.75, 3.05) is 13.2 Å². The third-order valence-electron chi connectivity index (χ3n) is 4.37. The lowest BCUT2D eigenvalue weighted by Crippen LogP contribution is -2.50. The molecule has 3 rings (SSSR count). The molecule has 0 aromatic heterocycles. The molecule has 2 aliphatic heterocycles. The SMILES string of the molecule is CC1CCNC1C(=O)NC1CCOC1C1CC1. The van der Waals surface area contributed by atoms with Crippen molar-refractivity contribution in [1.29, 1.82) is 0 Å². The van der Waals surface area contributed by atoms with E-state index in [4.69, 9.17) is 4.74 Å². The Hall–Kier alpha value is -0.610. The maximum atomic E-state index is 12.2. The van der Waals surface area contributed by atoms with E-state index in [0.29, 0.717) is 11.8 Å². The molecule has 2 saturated heterocycles. The van der Waals surface area contributed by atoms with Gasteiger partial charge in [0, 0.05) is 6.61 Å². The van der Waals surface area contributed by atoms with Crippen molar-refractivity contribution in [3.05, 3.63) is 0 Å². The quantitative estimate of drug-likeness (QED) is 0.760. The predicted molar refractivity (Wildman–Crippen MR) is 64.6 cm³/mol. The van der Waals surface area contributed by atoms with Gasteiger partial charge in [0.05, 0.1) is 18.2 Å². The molecule has 0 aromatic rings. The van der Waals surface area contributed by atoms with Crippen molar-refractivity contribution in [3.63, 3.8) is 0 Å². The van der Waals surface area contributed by atoms with Crippen molar-refractivity contribution in [3.8, 4) is 0 Å². The lowest BCUT2D eigenvalue weighted by molar-refractivity contribution is -0.124. The third-order valence-corrected chi connectivity index (χ3v) is 4.37. The second-order valence-corrected chi connectivity index (χ2v) is 5.77. The van der Waals surface area contributed by atoms with Gasteiger partial charge in [-0.15, -0.1) is 0 Å². The van der Waals surface area contributed by atoms with E-state index in [9.17, 15) is 4.79 Å². The highest BCUT2D eigenvalue weighted by atomic mass is 16.5. The van der Waals surface area contributed by atoms with Crippen LogP contribution in [0.1, 0.15) is 32.6 Å². The molecule has 0 aromatic carbocycles. The van der Waals surface area contributed by atoms with Gasteiger partial charge in [-0.2, -0.15) is 0 Å². The molecule has 4 unspecified atom stereocenters. The molecular weight excluding hydrogens is 216 g/mol. The van der Waals surface area contributed by atoms with Crippen LogP contribution in [0.25, 0.3) is 0 Å². The Morgan fingerprint density at radius 2 is 2.12 bits per heavy atom. The zero-order valence-corrected chi connectivity index (χ0v) is 10.4. The maximum absolute atomic E-state index is 12.2. The molecule has 4 heteroatoms. The Morgan fingerprint density at radius 1 is 1.29 bits per heavy atom. The average molecular weight is 238 g/mol. The molecule has 1 aliphatic carbocycles.